The summed E-state index contributed by atoms with van der Waals surface area (Å²) < 4.78 is 1.22. The number of fused-ring (bicyclic) bond motifs is 1. The van der Waals surface area contributed by atoms with Crippen LogP contribution >= 0.6 is 15.9 Å². The Labute approximate surface area is 185 Å². The van der Waals surface area contributed by atoms with Crippen molar-refractivity contribution in [3.63, 3.8) is 0 Å². The average molecular weight is 465 g/mol. The van der Waals surface area contributed by atoms with Crippen molar-refractivity contribution in [1.82, 2.24) is 15.2 Å². The van der Waals surface area contributed by atoms with E-state index in [0.717, 1.165) is 29.6 Å². The van der Waals surface area contributed by atoms with Crippen LogP contribution in [0, 0.1) is 0 Å². The summed E-state index contributed by atoms with van der Waals surface area (Å²) in [4.78, 5) is 11.6. The molecule has 1 fully saturated rings. The van der Waals surface area contributed by atoms with Gasteiger partial charge >= 0.3 is 0 Å². The van der Waals surface area contributed by atoms with Crippen LogP contribution in [0.4, 0.5) is 17.2 Å². The average Bonchev–Trinajstić information content (AvgIpc) is 3.30. The van der Waals surface area contributed by atoms with E-state index in [4.69, 9.17) is 0 Å². The van der Waals surface area contributed by atoms with Crippen LogP contribution in [0.3, 0.4) is 0 Å². The molecule has 1 saturated carbocycles. The van der Waals surface area contributed by atoms with Crippen molar-refractivity contribution in [3.05, 3.63) is 71.1 Å². The normalized spacial score (nSPS) is 21.2. The quantitative estimate of drug-likeness (QED) is 0.573. The highest BCUT2D eigenvalue weighted by Crippen LogP contribution is 2.35. The van der Waals surface area contributed by atoms with Gasteiger partial charge in [0, 0.05) is 35.0 Å². The molecule has 7 heteroatoms. The number of anilines is 3. The van der Waals surface area contributed by atoms with E-state index in [-0.39, 0.29) is 6.17 Å². The van der Waals surface area contributed by atoms with E-state index in [1.807, 2.05) is 54.9 Å². The molecule has 5 rings (SSSR count). The van der Waals surface area contributed by atoms with Gasteiger partial charge < -0.3 is 20.9 Å². The highest BCUT2D eigenvalue weighted by molar-refractivity contribution is 9.11. The van der Waals surface area contributed by atoms with Crippen LogP contribution in [-0.2, 0) is 0 Å². The summed E-state index contributed by atoms with van der Waals surface area (Å²) in [5, 5.41) is 10.3. The molecular weight excluding hydrogens is 440 g/mol. The maximum Gasteiger partial charge on any atom is 0.203 e. The van der Waals surface area contributed by atoms with Crippen molar-refractivity contribution in [3.8, 4) is 0 Å². The van der Waals surface area contributed by atoms with Gasteiger partial charge in [0.1, 0.15) is 12.0 Å². The molecule has 1 aliphatic carbocycles. The summed E-state index contributed by atoms with van der Waals surface area (Å²) in [5.74, 6) is 1.49. The molecule has 2 aliphatic heterocycles. The second-order valence-electron chi connectivity index (χ2n) is 7.91. The number of hydrogen-bond donors (Lipinski definition) is 3. The lowest BCUT2D eigenvalue weighted by Crippen LogP contribution is -2.54. The molecule has 3 aliphatic rings. The molecule has 0 radical (unpaired) electrons. The Morgan fingerprint density at radius 2 is 1.83 bits per heavy atom. The fourth-order valence-corrected chi connectivity index (χ4v) is 4.86. The van der Waals surface area contributed by atoms with Crippen LogP contribution in [-0.4, -0.2) is 28.1 Å². The number of benzene rings is 1. The van der Waals surface area contributed by atoms with Gasteiger partial charge in [0.15, 0.2) is 0 Å². The Morgan fingerprint density at radius 1 is 1.00 bits per heavy atom. The van der Waals surface area contributed by atoms with Crippen LogP contribution in [0.25, 0.3) is 0 Å². The molecule has 6 nitrogen and oxygen atoms in total. The molecule has 0 amide bonds. The third-order valence-electron chi connectivity index (χ3n) is 5.76. The van der Waals surface area contributed by atoms with Crippen molar-refractivity contribution in [2.24, 2.45) is 4.99 Å². The number of guanidine groups is 1. The number of para-hydroxylation sites is 1. The summed E-state index contributed by atoms with van der Waals surface area (Å²) in [6, 6.07) is 14.6. The monoisotopic (exact) mass is 464 g/mol. The molecule has 1 unspecified atom stereocenters. The zero-order valence-electron chi connectivity index (χ0n) is 16.7. The lowest BCUT2D eigenvalue weighted by atomic mass is 10.0. The topological polar surface area (TPSA) is 64.6 Å². The van der Waals surface area contributed by atoms with E-state index in [1.54, 1.807) is 0 Å². The first kappa shape index (κ1) is 19.2. The SMILES string of the molecule is BrC1=CN(C2CCCC2)C2NC(Nc3ccc(Nc4ccccc4)cn3)=NC=C2C1. The van der Waals surface area contributed by atoms with Gasteiger partial charge in [-0.2, -0.15) is 0 Å². The second-order valence-corrected chi connectivity index (χ2v) is 8.93. The first-order valence-electron chi connectivity index (χ1n) is 10.5. The third kappa shape index (κ3) is 4.21. The molecule has 0 saturated heterocycles. The number of aromatic nitrogens is 1. The van der Waals surface area contributed by atoms with Gasteiger partial charge in [0.25, 0.3) is 0 Å². The Bertz CT molecular complexity index is 977. The number of pyridine rings is 1. The molecule has 0 spiro atoms. The Morgan fingerprint density at radius 3 is 2.60 bits per heavy atom. The minimum Gasteiger partial charge on any atom is -0.354 e. The van der Waals surface area contributed by atoms with E-state index in [9.17, 15) is 0 Å². The van der Waals surface area contributed by atoms with Crippen molar-refractivity contribution in [2.45, 2.75) is 44.3 Å². The van der Waals surface area contributed by atoms with Gasteiger partial charge in [0.05, 0.1) is 11.9 Å². The zero-order valence-corrected chi connectivity index (χ0v) is 18.3. The number of nitrogens with zero attached hydrogens (tertiary/aromatic N) is 3. The third-order valence-corrected chi connectivity index (χ3v) is 6.25. The fraction of sp³-hybridized carbons (Fsp3) is 0.304. The van der Waals surface area contributed by atoms with E-state index >= 15 is 0 Å². The summed E-state index contributed by atoms with van der Waals surface area (Å²) in [6.07, 6.45) is 12.2. The van der Waals surface area contributed by atoms with E-state index in [0.29, 0.717) is 6.04 Å². The van der Waals surface area contributed by atoms with E-state index < -0.39 is 0 Å². The minimum absolute atomic E-state index is 0.147. The largest absolute Gasteiger partial charge is 0.354 e. The number of aliphatic imine (C=N–C) groups is 1. The summed E-state index contributed by atoms with van der Waals surface area (Å²) >= 11 is 3.71. The van der Waals surface area contributed by atoms with Gasteiger partial charge in [0.2, 0.25) is 5.96 Å². The molecule has 1 atom stereocenters. The van der Waals surface area contributed by atoms with Crippen molar-refractivity contribution >= 4 is 39.1 Å². The molecular formula is C23H25BrN6. The number of nitrogens with one attached hydrogen (secondary N) is 3. The van der Waals surface area contributed by atoms with Crippen LogP contribution in [0.15, 0.2) is 76.1 Å². The first-order chi connectivity index (χ1) is 14.7. The first-order valence-corrected chi connectivity index (χ1v) is 11.3. The minimum atomic E-state index is 0.147. The fourth-order valence-electron chi connectivity index (χ4n) is 4.30. The van der Waals surface area contributed by atoms with Gasteiger partial charge in [-0.05, 0) is 42.7 Å². The maximum atomic E-state index is 4.60. The van der Waals surface area contributed by atoms with E-state index in [2.05, 4.69) is 53.0 Å². The Balaban J connectivity index is 1.27. The molecule has 2 aromatic rings. The Hall–Kier alpha value is -2.80. The standard InChI is InChI=1S/C23H25BrN6/c24-17-12-16-13-26-23(29-22(16)30(15-17)20-8-4-5-9-20)28-21-11-10-19(14-25-21)27-18-6-2-1-3-7-18/h1-3,6-7,10-11,13-15,20,22,27H,4-5,8-9,12H2,(H2,25,26,28,29). The smallest absolute Gasteiger partial charge is 0.203 e. The number of rotatable bonds is 4. The van der Waals surface area contributed by atoms with Crippen LogP contribution in [0.1, 0.15) is 32.1 Å². The van der Waals surface area contributed by atoms with Gasteiger partial charge in [-0.3, -0.25) is 0 Å². The predicted molar refractivity (Wildman–Crippen MR) is 126 cm³/mol. The second kappa shape index (κ2) is 8.52. The molecule has 1 aromatic carbocycles. The molecule has 3 heterocycles. The lowest BCUT2D eigenvalue weighted by Gasteiger charge is -2.42. The lowest BCUT2D eigenvalue weighted by molar-refractivity contribution is 0.205. The van der Waals surface area contributed by atoms with Crippen LogP contribution in [0.5, 0.6) is 0 Å². The number of hydrogen-bond acceptors (Lipinski definition) is 6. The summed E-state index contributed by atoms with van der Waals surface area (Å²) in [7, 11) is 0. The van der Waals surface area contributed by atoms with Crippen molar-refractivity contribution < 1.29 is 0 Å². The van der Waals surface area contributed by atoms with Crippen LogP contribution < -0.4 is 16.0 Å². The number of allylic oxidation sites excluding steroid dienone is 1. The van der Waals surface area contributed by atoms with Crippen molar-refractivity contribution in [1.29, 1.82) is 0 Å². The van der Waals surface area contributed by atoms with E-state index in [1.165, 1.54) is 35.7 Å². The molecule has 0 bridgehead atoms. The van der Waals surface area contributed by atoms with Gasteiger partial charge in [-0.25, -0.2) is 9.98 Å². The highest BCUT2D eigenvalue weighted by atomic mass is 79.9. The summed E-state index contributed by atoms with van der Waals surface area (Å²) in [5.41, 5.74) is 3.28. The zero-order chi connectivity index (χ0) is 20.3. The van der Waals surface area contributed by atoms with Gasteiger partial charge in [-0.15, -0.1) is 0 Å². The van der Waals surface area contributed by atoms with Crippen molar-refractivity contribution in [2.75, 3.05) is 10.6 Å². The molecule has 1 aromatic heterocycles. The predicted octanol–water partition coefficient (Wildman–Crippen LogP) is 5.29. The maximum absolute atomic E-state index is 4.60. The highest BCUT2D eigenvalue weighted by Gasteiger charge is 2.34. The Kier molecular flexibility index (Phi) is 5.45. The van der Waals surface area contributed by atoms with Crippen LogP contribution in [0.2, 0.25) is 0 Å². The number of halogens is 1. The van der Waals surface area contributed by atoms with Gasteiger partial charge in [-0.1, -0.05) is 47.0 Å². The molecule has 154 valence electrons. The molecule has 3 N–H and O–H groups in total. The molecule has 30 heavy (non-hydrogen) atoms. The summed E-state index contributed by atoms with van der Waals surface area (Å²) in [6.45, 7) is 0.